The fourth-order valence-electron chi connectivity index (χ4n) is 1.51. The highest BCUT2D eigenvalue weighted by molar-refractivity contribution is 5.83. The van der Waals surface area contributed by atoms with Crippen LogP contribution in [0.25, 0.3) is 0 Å². The van der Waals surface area contributed by atoms with E-state index in [-0.39, 0.29) is 18.4 Å². The molecule has 0 spiro atoms. The number of nitrogens with zero attached hydrogens (tertiary/aromatic N) is 1. The minimum atomic E-state index is -0.153. The maximum absolute atomic E-state index is 11.7. The fraction of sp³-hybridized carbons (Fsp3) is 0.333. The summed E-state index contributed by atoms with van der Waals surface area (Å²) in [7, 11) is 0. The quantitative estimate of drug-likeness (QED) is 0.757. The van der Waals surface area contributed by atoms with Gasteiger partial charge in [-0.15, -0.1) is 0 Å². The van der Waals surface area contributed by atoms with E-state index in [1.54, 1.807) is 0 Å². The Labute approximate surface area is 89.7 Å². The van der Waals surface area contributed by atoms with Crippen LogP contribution in [0.15, 0.2) is 30.3 Å². The molecule has 0 aliphatic heterocycles. The summed E-state index contributed by atoms with van der Waals surface area (Å²) in [5.74, 6) is -0.232. The first-order valence-electron chi connectivity index (χ1n) is 4.99. The summed E-state index contributed by atoms with van der Waals surface area (Å²) in [6.45, 7) is 2.03. The van der Waals surface area contributed by atoms with Crippen LogP contribution in [0.1, 0.15) is 24.8 Å². The molecular formula is C12H14N2O. The number of carbonyl (C=O) groups is 1. The molecule has 3 heteroatoms. The standard InChI is InChI=1S/C12H14N2O/c1-2-11(12(15)14-9-8-13)10-6-4-3-5-7-10/h3-7,11H,2,9H2,1H3,(H,14,15)/t11-/m0/s1. The van der Waals surface area contributed by atoms with Gasteiger partial charge in [0, 0.05) is 0 Å². The van der Waals surface area contributed by atoms with Crippen molar-refractivity contribution in [1.29, 1.82) is 5.26 Å². The zero-order valence-corrected chi connectivity index (χ0v) is 8.73. The van der Waals surface area contributed by atoms with E-state index in [2.05, 4.69) is 5.32 Å². The molecule has 0 heterocycles. The predicted octanol–water partition coefficient (Wildman–Crippen LogP) is 1.82. The van der Waals surface area contributed by atoms with Crippen LogP contribution in [-0.2, 0) is 4.79 Å². The summed E-state index contributed by atoms with van der Waals surface area (Å²) in [5.41, 5.74) is 0.996. The van der Waals surface area contributed by atoms with Crippen molar-refractivity contribution >= 4 is 5.91 Å². The Morgan fingerprint density at radius 2 is 2.13 bits per heavy atom. The Morgan fingerprint density at radius 1 is 1.47 bits per heavy atom. The van der Waals surface area contributed by atoms with Crippen LogP contribution < -0.4 is 5.32 Å². The Balaban J connectivity index is 2.72. The van der Waals surface area contributed by atoms with Crippen molar-refractivity contribution in [2.75, 3.05) is 6.54 Å². The lowest BCUT2D eigenvalue weighted by Gasteiger charge is -2.13. The van der Waals surface area contributed by atoms with Gasteiger partial charge in [0.1, 0.15) is 6.54 Å². The molecule has 1 atom stereocenters. The number of nitriles is 1. The summed E-state index contributed by atoms with van der Waals surface area (Å²) in [5, 5.41) is 11.0. The molecule has 0 unspecified atom stereocenters. The molecule has 0 aliphatic rings. The van der Waals surface area contributed by atoms with Crippen LogP contribution in [0.5, 0.6) is 0 Å². The second kappa shape index (κ2) is 5.82. The Hall–Kier alpha value is -1.82. The average molecular weight is 202 g/mol. The molecule has 0 aliphatic carbocycles. The number of rotatable bonds is 4. The zero-order chi connectivity index (χ0) is 11.1. The second-order valence-electron chi connectivity index (χ2n) is 3.25. The van der Waals surface area contributed by atoms with Crippen molar-refractivity contribution in [3.8, 4) is 6.07 Å². The molecule has 0 fully saturated rings. The summed E-state index contributed by atoms with van der Waals surface area (Å²) in [6, 6.07) is 11.5. The topological polar surface area (TPSA) is 52.9 Å². The molecule has 1 rings (SSSR count). The van der Waals surface area contributed by atoms with Crippen LogP contribution >= 0.6 is 0 Å². The molecule has 1 amide bonds. The molecule has 0 saturated heterocycles. The van der Waals surface area contributed by atoms with E-state index >= 15 is 0 Å². The van der Waals surface area contributed by atoms with Crippen molar-refractivity contribution < 1.29 is 4.79 Å². The number of hydrogen-bond donors (Lipinski definition) is 1. The third-order valence-electron chi connectivity index (χ3n) is 2.27. The number of hydrogen-bond acceptors (Lipinski definition) is 2. The molecule has 3 nitrogen and oxygen atoms in total. The normalized spacial score (nSPS) is 11.5. The molecule has 1 aromatic carbocycles. The molecule has 0 aromatic heterocycles. The van der Waals surface area contributed by atoms with E-state index in [1.807, 2.05) is 43.3 Å². The SMILES string of the molecule is CC[C@H](C(=O)NCC#N)c1ccccc1. The third kappa shape index (κ3) is 3.10. The zero-order valence-electron chi connectivity index (χ0n) is 8.73. The van der Waals surface area contributed by atoms with Crippen molar-refractivity contribution in [1.82, 2.24) is 5.32 Å². The molecule has 0 radical (unpaired) electrons. The largest absolute Gasteiger partial charge is 0.342 e. The highest BCUT2D eigenvalue weighted by Gasteiger charge is 2.17. The molecule has 0 bridgehead atoms. The van der Waals surface area contributed by atoms with Crippen LogP contribution in [0, 0.1) is 11.3 Å². The van der Waals surface area contributed by atoms with Gasteiger partial charge >= 0.3 is 0 Å². The van der Waals surface area contributed by atoms with E-state index in [9.17, 15) is 4.79 Å². The Kier molecular flexibility index (Phi) is 4.36. The fourth-order valence-corrected chi connectivity index (χ4v) is 1.51. The minimum Gasteiger partial charge on any atom is -0.342 e. The highest BCUT2D eigenvalue weighted by Crippen LogP contribution is 2.18. The first-order chi connectivity index (χ1) is 7.29. The van der Waals surface area contributed by atoms with Gasteiger partial charge < -0.3 is 5.32 Å². The lowest BCUT2D eigenvalue weighted by Crippen LogP contribution is -2.29. The average Bonchev–Trinajstić information content (AvgIpc) is 2.29. The third-order valence-corrected chi connectivity index (χ3v) is 2.27. The van der Waals surface area contributed by atoms with Crippen molar-refractivity contribution in [2.24, 2.45) is 0 Å². The van der Waals surface area contributed by atoms with Crippen LogP contribution in [0.4, 0.5) is 0 Å². The van der Waals surface area contributed by atoms with E-state index in [0.717, 1.165) is 12.0 Å². The van der Waals surface area contributed by atoms with Gasteiger partial charge in [-0.3, -0.25) is 4.79 Å². The highest BCUT2D eigenvalue weighted by atomic mass is 16.1. The molecule has 15 heavy (non-hydrogen) atoms. The van der Waals surface area contributed by atoms with E-state index in [0.29, 0.717) is 0 Å². The van der Waals surface area contributed by atoms with Crippen molar-refractivity contribution in [3.05, 3.63) is 35.9 Å². The molecule has 78 valence electrons. The summed E-state index contributed by atoms with van der Waals surface area (Å²) in [4.78, 5) is 11.7. The van der Waals surface area contributed by atoms with Gasteiger partial charge in [-0.2, -0.15) is 5.26 Å². The lowest BCUT2D eigenvalue weighted by molar-refractivity contribution is -0.122. The summed E-state index contributed by atoms with van der Waals surface area (Å²) in [6.07, 6.45) is 0.737. The first-order valence-corrected chi connectivity index (χ1v) is 4.99. The second-order valence-corrected chi connectivity index (χ2v) is 3.25. The molecule has 0 saturated carbocycles. The predicted molar refractivity (Wildman–Crippen MR) is 58.1 cm³/mol. The van der Waals surface area contributed by atoms with Gasteiger partial charge in [0.25, 0.3) is 0 Å². The number of benzene rings is 1. The van der Waals surface area contributed by atoms with E-state index in [1.165, 1.54) is 0 Å². The van der Waals surface area contributed by atoms with E-state index in [4.69, 9.17) is 5.26 Å². The Morgan fingerprint density at radius 3 is 2.67 bits per heavy atom. The van der Waals surface area contributed by atoms with Crippen molar-refractivity contribution in [2.45, 2.75) is 19.3 Å². The molecular weight excluding hydrogens is 188 g/mol. The number of amides is 1. The van der Waals surface area contributed by atoms with Gasteiger partial charge in [0.2, 0.25) is 5.91 Å². The summed E-state index contributed by atoms with van der Waals surface area (Å²) < 4.78 is 0. The van der Waals surface area contributed by atoms with Gasteiger partial charge in [-0.05, 0) is 12.0 Å². The Bertz CT molecular complexity index is 354. The maximum Gasteiger partial charge on any atom is 0.228 e. The minimum absolute atomic E-state index is 0.0716. The lowest BCUT2D eigenvalue weighted by atomic mass is 9.96. The summed E-state index contributed by atoms with van der Waals surface area (Å²) >= 11 is 0. The molecule has 1 aromatic rings. The molecule has 1 N–H and O–H groups in total. The van der Waals surface area contributed by atoms with Crippen LogP contribution in [-0.4, -0.2) is 12.5 Å². The smallest absolute Gasteiger partial charge is 0.228 e. The van der Waals surface area contributed by atoms with Crippen LogP contribution in [0.2, 0.25) is 0 Å². The van der Waals surface area contributed by atoms with E-state index < -0.39 is 0 Å². The van der Waals surface area contributed by atoms with Crippen molar-refractivity contribution in [3.63, 3.8) is 0 Å². The monoisotopic (exact) mass is 202 g/mol. The van der Waals surface area contributed by atoms with Gasteiger partial charge in [-0.25, -0.2) is 0 Å². The van der Waals surface area contributed by atoms with Gasteiger partial charge in [-0.1, -0.05) is 37.3 Å². The number of carbonyl (C=O) groups excluding carboxylic acids is 1. The van der Waals surface area contributed by atoms with Gasteiger partial charge in [0.05, 0.1) is 12.0 Å². The van der Waals surface area contributed by atoms with Crippen LogP contribution in [0.3, 0.4) is 0 Å². The van der Waals surface area contributed by atoms with Gasteiger partial charge in [0.15, 0.2) is 0 Å². The first kappa shape index (κ1) is 11.3. The maximum atomic E-state index is 11.7. The number of nitrogens with one attached hydrogen (secondary N) is 1.